The van der Waals surface area contributed by atoms with Crippen LogP contribution < -0.4 is 5.73 Å². The summed E-state index contributed by atoms with van der Waals surface area (Å²) in [5.74, 6) is 0.807. The summed E-state index contributed by atoms with van der Waals surface area (Å²) < 4.78 is 8.08. The molecule has 2 aromatic heterocycles. The van der Waals surface area contributed by atoms with E-state index in [0.717, 1.165) is 16.5 Å². The zero-order chi connectivity index (χ0) is 21.4. The molecule has 29 heavy (non-hydrogen) atoms. The quantitative estimate of drug-likeness (QED) is 0.536. The summed E-state index contributed by atoms with van der Waals surface area (Å²) in [4.78, 5) is 35.4. The van der Waals surface area contributed by atoms with Gasteiger partial charge in [0.05, 0.1) is 5.57 Å². The van der Waals surface area contributed by atoms with E-state index in [2.05, 4.69) is 23.7 Å². The second-order valence-corrected chi connectivity index (χ2v) is 8.15. The van der Waals surface area contributed by atoms with Gasteiger partial charge in [-0.25, -0.2) is 4.98 Å². The number of rotatable bonds is 6. The molecule has 0 atom stereocenters. The Morgan fingerprint density at radius 3 is 1.90 bits per heavy atom. The number of aryl methyl sites for hydroxylation is 1. The average Bonchev–Trinajstić information content (AvgIpc) is 3.25. The highest BCUT2D eigenvalue weighted by atomic mass is 32.1. The van der Waals surface area contributed by atoms with Crippen molar-refractivity contribution in [3.63, 3.8) is 0 Å². The van der Waals surface area contributed by atoms with Crippen LogP contribution in [0.5, 0.6) is 0 Å². The van der Waals surface area contributed by atoms with Gasteiger partial charge in [0.15, 0.2) is 28.3 Å². The molecule has 10 heteroatoms. The molecule has 2 aromatic rings. The van der Waals surface area contributed by atoms with Crippen molar-refractivity contribution in [3.8, 4) is 0 Å². The predicted octanol–water partition coefficient (Wildman–Crippen LogP) is 3.88. The molecule has 0 fully saturated rings. The second-order valence-electron chi connectivity index (χ2n) is 6.41. The van der Waals surface area contributed by atoms with E-state index in [9.17, 15) is 9.59 Å². The first-order valence-electron chi connectivity index (χ1n) is 8.74. The maximum Gasteiger partial charge on any atom is 0.200 e. The SMILES string of the molecule is C.C/C=C(\C(=O)C(C)C)c1nsc(C)n1.CN=C(C(=O)C(C)C)c1nsc(N)n1. The number of carbonyl (C=O) groups is 2. The Hall–Kier alpha value is -2.33. The Morgan fingerprint density at radius 2 is 1.55 bits per heavy atom. The lowest BCUT2D eigenvalue weighted by atomic mass is 10.0. The molecule has 0 aliphatic rings. The first-order valence-corrected chi connectivity index (χ1v) is 10.3. The average molecular weight is 439 g/mol. The summed E-state index contributed by atoms with van der Waals surface area (Å²) >= 11 is 2.38. The number of allylic oxidation sites excluding steroid dienone is 2. The van der Waals surface area contributed by atoms with Crippen LogP contribution in [0.3, 0.4) is 0 Å². The molecular formula is C19H30N6O2S2. The van der Waals surface area contributed by atoms with Crippen molar-refractivity contribution in [2.24, 2.45) is 16.8 Å². The molecule has 0 aromatic carbocycles. The van der Waals surface area contributed by atoms with Crippen LogP contribution in [0.15, 0.2) is 11.1 Å². The number of anilines is 1. The van der Waals surface area contributed by atoms with Gasteiger partial charge in [-0.15, -0.1) is 0 Å². The molecule has 0 radical (unpaired) electrons. The highest BCUT2D eigenvalue weighted by molar-refractivity contribution is 7.09. The Morgan fingerprint density at radius 1 is 1.00 bits per heavy atom. The Bertz CT molecular complexity index is 809. The Labute approximate surface area is 180 Å². The third-order valence-corrected chi connectivity index (χ3v) is 4.64. The van der Waals surface area contributed by atoms with Crippen LogP contribution in [0, 0.1) is 18.8 Å². The van der Waals surface area contributed by atoms with Crippen molar-refractivity contribution in [3.05, 3.63) is 22.7 Å². The van der Waals surface area contributed by atoms with Gasteiger partial charge in [0.25, 0.3) is 0 Å². The van der Waals surface area contributed by atoms with Crippen LogP contribution in [-0.4, -0.2) is 43.0 Å². The van der Waals surface area contributed by atoms with Crippen molar-refractivity contribution in [2.45, 2.75) is 49.0 Å². The molecular weight excluding hydrogens is 408 g/mol. The van der Waals surface area contributed by atoms with Crippen LogP contribution in [0.1, 0.15) is 58.7 Å². The molecule has 2 N–H and O–H groups in total. The minimum atomic E-state index is -0.113. The number of hydrogen-bond donors (Lipinski definition) is 1. The van der Waals surface area contributed by atoms with E-state index >= 15 is 0 Å². The molecule has 0 spiro atoms. The van der Waals surface area contributed by atoms with Gasteiger partial charge in [-0.3, -0.25) is 14.6 Å². The van der Waals surface area contributed by atoms with E-state index in [4.69, 9.17) is 5.73 Å². The lowest BCUT2D eigenvalue weighted by Gasteiger charge is -2.04. The molecule has 0 saturated heterocycles. The molecule has 0 aliphatic carbocycles. The number of carbonyl (C=O) groups excluding carboxylic acids is 2. The smallest absolute Gasteiger partial charge is 0.200 e. The topological polar surface area (TPSA) is 124 Å². The largest absolute Gasteiger partial charge is 0.374 e. The van der Waals surface area contributed by atoms with Crippen molar-refractivity contribution < 1.29 is 9.59 Å². The van der Waals surface area contributed by atoms with Crippen molar-refractivity contribution in [1.82, 2.24) is 18.7 Å². The number of nitrogen functional groups attached to an aromatic ring is 1. The van der Waals surface area contributed by atoms with E-state index in [1.807, 2.05) is 41.5 Å². The van der Waals surface area contributed by atoms with Gasteiger partial charge in [-0.2, -0.15) is 13.7 Å². The third kappa shape index (κ3) is 7.54. The number of hydrogen-bond acceptors (Lipinski definition) is 10. The summed E-state index contributed by atoms with van der Waals surface area (Å²) in [6.45, 7) is 11.1. The fraction of sp³-hybridized carbons (Fsp3) is 0.526. The lowest BCUT2D eigenvalue weighted by Crippen LogP contribution is -2.22. The number of ketones is 2. The van der Waals surface area contributed by atoms with E-state index in [0.29, 0.717) is 28.1 Å². The molecule has 160 valence electrons. The Kier molecular flexibility index (Phi) is 11.3. The molecule has 2 heterocycles. The van der Waals surface area contributed by atoms with E-state index in [1.54, 1.807) is 13.1 Å². The van der Waals surface area contributed by atoms with Gasteiger partial charge < -0.3 is 5.73 Å². The number of Topliss-reactive ketones (excluding diaryl/α,β-unsaturated/α-hetero) is 2. The zero-order valence-corrected chi connectivity index (χ0v) is 18.8. The zero-order valence-electron chi connectivity index (χ0n) is 17.2. The van der Waals surface area contributed by atoms with Gasteiger partial charge in [0.2, 0.25) is 0 Å². The monoisotopic (exact) mass is 438 g/mol. The maximum atomic E-state index is 11.7. The minimum Gasteiger partial charge on any atom is -0.374 e. The van der Waals surface area contributed by atoms with Crippen molar-refractivity contribution in [2.75, 3.05) is 12.8 Å². The van der Waals surface area contributed by atoms with Crippen LogP contribution in [-0.2, 0) is 9.59 Å². The summed E-state index contributed by atoms with van der Waals surface area (Å²) in [5, 5.41) is 1.23. The van der Waals surface area contributed by atoms with Crippen LogP contribution in [0.4, 0.5) is 5.13 Å². The van der Waals surface area contributed by atoms with Gasteiger partial charge in [-0.05, 0) is 25.4 Å². The summed E-state index contributed by atoms with van der Waals surface area (Å²) in [6.07, 6.45) is 1.78. The van der Waals surface area contributed by atoms with Crippen molar-refractivity contribution in [1.29, 1.82) is 0 Å². The molecule has 2 rings (SSSR count). The number of nitrogens with zero attached hydrogens (tertiary/aromatic N) is 5. The van der Waals surface area contributed by atoms with E-state index < -0.39 is 0 Å². The fourth-order valence-corrected chi connectivity index (χ4v) is 2.95. The number of aliphatic imine (C=N–C) groups is 1. The first-order chi connectivity index (χ1) is 13.1. The normalized spacial score (nSPS) is 11.8. The molecule has 0 saturated carbocycles. The maximum absolute atomic E-state index is 11.7. The molecule has 0 bridgehead atoms. The predicted molar refractivity (Wildman–Crippen MR) is 122 cm³/mol. The lowest BCUT2D eigenvalue weighted by molar-refractivity contribution is -0.116. The van der Waals surface area contributed by atoms with Gasteiger partial charge in [0.1, 0.15) is 10.7 Å². The van der Waals surface area contributed by atoms with E-state index in [-0.39, 0.29) is 30.8 Å². The second kappa shape index (κ2) is 12.3. The van der Waals surface area contributed by atoms with Gasteiger partial charge in [-0.1, -0.05) is 41.2 Å². The molecule has 0 unspecified atom stereocenters. The summed E-state index contributed by atoms with van der Waals surface area (Å²) in [5.41, 5.74) is 6.35. The van der Waals surface area contributed by atoms with Gasteiger partial charge >= 0.3 is 0 Å². The highest BCUT2D eigenvalue weighted by Gasteiger charge is 2.20. The van der Waals surface area contributed by atoms with E-state index in [1.165, 1.54) is 11.5 Å². The van der Waals surface area contributed by atoms with Crippen LogP contribution in [0.25, 0.3) is 5.57 Å². The van der Waals surface area contributed by atoms with Crippen LogP contribution >= 0.6 is 23.1 Å². The molecule has 0 aliphatic heterocycles. The fourth-order valence-electron chi connectivity index (χ4n) is 2.03. The van der Waals surface area contributed by atoms with Crippen LogP contribution in [0.2, 0.25) is 0 Å². The number of aromatic nitrogens is 4. The Balaban J connectivity index is 0.000000523. The van der Waals surface area contributed by atoms with Gasteiger partial charge in [0, 0.05) is 30.4 Å². The summed E-state index contributed by atoms with van der Waals surface area (Å²) in [7, 11) is 1.55. The highest BCUT2D eigenvalue weighted by Crippen LogP contribution is 2.18. The minimum absolute atomic E-state index is 0. The van der Waals surface area contributed by atoms with Crippen molar-refractivity contribution >= 4 is 51.0 Å². The first kappa shape index (κ1) is 26.7. The third-order valence-electron chi connectivity index (χ3n) is 3.48. The molecule has 0 amide bonds. The standard InChI is InChI=1S/C10H14N2OS.C8H12N4OS.CH4/c1-5-8(9(13)6(2)3)10-11-7(4)14-12-10;1-4(2)6(13)5(10-3)7-11-8(9)14-12-7;/h5-6H,1-4H3;4H,1-3H3,(H2,9,11,12);1H4/b8-5+;;. The number of nitrogens with two attached hydrogens (primary N) is 1. The molecule has 8 nitrogen and oxygen atoms in total. The summed E-state index contributed by atoms with van der Waals surface area (Å²) in [6, 6.07) is 0.